The van der Waals surface area contributed by atoms with Crippen LogP contribution in [0.1, 0.15) is 16.1 Å². The first-order valence-electron chi connectivity index (χ1n) is 8.29. The van der Waals surface area contributed by atoms with Gasteiger partial charge in [0.1, 0.15) is 5.76 Å². The molecule has 144 valence electrons. The Bertz CT molecular complexity index is 1220. The summed E-state index contributed by atoms with van der Waals surface area (Å²) in [5, 5.41) is 15.4. The van der Waals surface area contributed by atoms with Gasteiger partial charge in [0, 0.05) is 17.7 Å². The maximum absolute atomic E-state index is 11.9. The molecule has 0 bridgehead atoms. The fourth-order valence-electron chi connectivity index (χ4n) is 2.40. The van der Waals surface area contributed by atoms with Crippen molar-refractivity contribution in [1.82, 2.24) is 10.4 Å². The number of amides is 1. The minimum absolute atomic E-state index is 0.0340. The molecule has 0 aliphatic heterocycles. The van der Waals surface area contributed by atoms with Crippen molar-refractivity contribution in [2.45, 2.75) is 9.43 Å². The zero-order chi connectivity index (χ0) is 20.2. The molecule has 0 atom stereocenters. The molecule has 2 aromatic carbocycles. The lowest BCUT2D eigenvalue weighted by molar-refractivity contribution is -0.384. The molecule has 8 nitrogen and oxygen atoms in total. The van der Waals surface area contributed by atoms with E-state index in [2.05, 4.69) is 15.5 Å². The Hall–Kier alpha value is -3.50. The lowest BCUT2D eigenvalue weighted by atomic mass is 10.2. The number of hydrazone groups is 1. The summed E-state index contributed by atoms with van der Waals surface area (Å²) in [7, 11) is 0. The van der Waals surface area contributed by atoms with E-state index in [1.54, 1.807) is 42.5 Å². The molecule has 0 saturated heterocycles. The second-order valence-corrected chi connectivity index (χ2v) is 8.00. The van der Waals surface area contributed by atoms with Gasteiger partial charge in [-0.3, -0.25) is 14.9 Å². The van der Waals surface area contributed by atoms with Gasteiger partial charge in [-0.05, 0) is 42.1 Å². The summed E-state index contributed by atoms with van der Waals surface area (Å²) < 4.78 is 7.09. The molecule has 0 aliphatic carbocycles. The molecule has 0 unspecified atom stereocenters. The number of carbonyl (C=O) groups is 1. The lowest BCUT2D eigenvalue weighted by Gasteiger charge is -1.97. The molecule has 2 aromatic heterocycles. The van der Waals surface area contributed by atoms with Crippen LogP contribution in [0.2, 0.25) is 0 Å². The Kier molecular flexibility index (Phi) is 5.36. The number of furan rings is 1. The minimum Gasteiger partial charge on any atom is -0.448 e. The number of carbonyl (C=O) groups excluding carboxylic acids is 1. The van der Waals surface area contributed by atoms with E-state index in [0.29, 0.717) is 26.3 Å². The number of benzene rings is 2. The molecular formula is C19H12N4O4S2. The third kappa shape index (κ3) is 4.50. The average molecular weight is 424 g/mol. The van der Waals surface area contributed by atoms with Crippen LogP contribution < -0.4 is 5.43 Å². The molecule has 4 rings (SSSR count). The van der Waals surface area contributed by atoms with Gasteiger partial charge >= 0.3 is 0 Å². The molecule has 0 saturated carbocycles. The van der Waals surface area contributed by atoms with Crippen molar-refractivity contribution >= 4 is 51.1 Å². The number of nitrogens with one attached hydrogen (secondary N) is 1. The molecule has 2 heterocycles. The van der Waals surface area contributed by atoms with Crippen molar-refractivity contribution in [1.29, 1.82) is 0 Å². The highest BCUT2D eigenvalue weighted by Crippen LogP contribution is 2.36. The summed E-state index contributed by atoms with van der Waals surface area (Å²) in [5.41, 5.74) is 3.68. The van der Waals surface area contributed by atoms with Gasteiger partial charge in [0.2, 0.25) is 0 Å². The van der Waals surface area contributed by atoms with Crippen molar-refractivity contribution in [2.24, 2.45) is 5.10 Å². The van der Waals surface area contributed by atoms with E-state index in [1.807, 2.05) is 6.07 Å². The highest BCUT2D eigenvalue weighted by atomic mass is 32.2. The second-order valence-electron chi connectivity index (χ2n) is 5.71. The third-order valence-corrected chi connectivity index (χ3v) is 5.75. The van der Waals surface area contributed by atoms with Crippen LogP contribution in [0.3, 0.4) is 0 Å². The number of hydrogen-bond acceptors (Lipinski definition) is 8. The van der Waals surface area contributed by atoms with Crippen LogP contribution in [-0.2, 0) is 0 Å². The number of aromatic nitrogens is 1. The third-order valence-electron chi connectivity index (χ3n) is 3.75. The van der Waals surface area contributed by atoms with E-state index in [4.69, 9.17) is 4.42 Å². The summed E-state index contributed by atoms with van der Waals surface area (Å²) in [5.74, 6) is 0.157. The average Bonchev–Trinajstić information content (AvgIpc) is 3.34. The predicted octanol–water partition coefficient (Wildman–Crippen LogP) is 4.71. The van der Waals surface area contributed by atoms with Crippen molar-refractivity contribution in [3.05, 3.63) is 82.1 Å². The monoisotopic (exact) mass is 424 g/mol. The van der Waals surface area contributed by atoms with Gasteiger partial charge in [-0.25, -0.2) is 10.4 Å². The molecular weight excluding hydrogens is 412 g/mol. The molecule has 1 amide bonds. The van der Waals surface area contributed by atoms with Crippen molar-refractivity contribution < 1.29 is 14.1 Å². The van der Waals surface area contributed by atoms with E-state index in [-0.39, 0.29) is 11.6 Å². The number of nitro groups is 1. The largest absolute Gasteiger partial charge is 0.448 e. The topological polar surface area (TPSA) is 111 Å². The van der Waals surface area contributed by atoms with Crippen LogP contribution in [0.4, 0.5) is 5.69 Å². The number of thiazole rings is 1. The summed E-state index contributed by atoms with van der Waals surface area (Å²) in [6.07, 6.45) is 1.41. The van der Waals surface area contributed by atoms with Gasteiger partial charge in [-0.2, -0.15) is 5.10 Å². The Morgan fingerprint density at radius 3 is 2.83 bits per heavy atom. The van der Waals surface area contributed by atoms with Crippen LogP contribution in [0.5, 0.6) is 0 Å². The zero-order valence-electron chi connectivity index (χ0n) is 14.6. The number of hydrogen-bond donors (Lipinski definition) is 1. The first-order chi connectivity index (χ1) is 14.1. The smallest absolute Gasteiger partial charge is 0.271 e. The van der Waals surface area contributed by atoms with Crippen LogP contribution in [-0.4, -0.2) is 22.0 Å². The van der Waals surface area contributed by atoms with Crippen molar-refractivity contribution in [3.63, 3.8) is 0 Å². The number of nitrogens with zero attached hydrogens (tertiary/aromatic N) is 3. The Balaban J connectivity index is 1.41. The predicted molar refractivity (Wildman–Crippen MR) is 111 cm³/mol. The van der Waals surface area contributed by atoms with Crippen molar-refractivity contribution in [3.8, 4) is 0 Å². The number of rotatable bonds is 6. The first-order valence-corrected chi connectivity index (χ1v) is 9.93. The Morgan fingerprint density at radius 2 is 2.03 bits per heavy atom. The standard InChI is InChI=1S/C19H12N4O4S2/c24-18(12-4-2-1-3-5-12)22-20-11-14-7-9-17(27-14)29-19-21-15-8-6-13(23(25)26)10-16(15)28-19/h1-11H,(H,22,24). The fraction of sp³-hybridized carbons (Fsp3) is 0. The lowest BCUT2D eigenvalue weighted by Crippen LogP contribution is -2.17. The van der Waals surface area contributed by atoms with Gasteiger partial charge in [-0.1, -0.05) is 18.2 Å². The molecule has 29 heavy (non-hydrogen) atoms. The van der Waals surface area contributed by atoms with Gasteiger partial charge < -0.3 is 4.42 Å². The molecule has 0 aliphatic rings. The van der Waals surface area contributed by atoms with E-state index >= 15 is 0 Å². The minimum atomic E-state index is -0.430. The number of non-ortho nitro benzene ring substituents is 1. The Morgan fingerprint density at radius 1 is 1.21 bits per heavy atom. The Labute approximate surface area is 172 Å². The highest BCUT2D eigenvalue weighted by molar-refractivity contribution is 8.01. The van der Waals surface area contributed by atoms with Crippen LogP contribution in [0, 0.1) is 10.1 Å². The van der Waals surface area contributed by atoms with Crippen molar-refractivity contribution in [2.75, 3.05) is 0 Å². The quantitative estimate of drug-likeness (QED) is 0.273. The summed E-state index contributed by atoms with van der Waals surface area (Å²) >= 11 is 2.66. The normalized spacial score (nSPS) is 11.2. The fourth-order valence-corrected chi connectivity index (χ4v) is 4.41. The number of fused-ring (bicyclic) bond motifs is 1. The van der Waals surface area contributed by atoms with Gasteiger partial charge in [0.15, 0.2) is 9.43 Å². The van der Waals surface area contributed by atoms with E-state index in [9.17, 15) is 14.9 Å². The molecule has 10 heteroatoms. The molecule has 0 spiro atoms. The summed E-state index contributed by atoms with van der Waals surface area (Å²) in [6.45, 7) is 0. The highest BCUT2D eigenvalue weighted by Gasteiger charge is 2.12. The van der Waals surface area contributed by atoms with Crippen LogP contribution in [0.25, 0.3) is 10.2 Å². The number of nitro benzene ring substituents is 1. The van der Waals surface area contributed by atoms with Gasteiger partial charge in [0.25, 0.3) is 11.6 Å². The zero-order valence-corrected chi connectivity index (χ0v) is 16.3. The molecule has 1 N–H and O–H groups in total. The maximum atomic E-state index is 11.9. The van der Waals surface area contributed by atoms with Crippen LogP contribution >= 0.6 is 23.1 Å². The first kappa shape index (κ1) is 18.8. The van der Waals surface area contributed by atoms with E-state index in [1.165, 1.54) is 41.4 Å². The second kappa shape index (κ2) is 8.25. The van der Waals surface area contributed by atoms with Gasteiger partial charge in [0.05, 0.1) is 21.4 Å². The maximum Gasteiger partial charge on any atom is 0.271 e. The molecule has 0 radical (unpaired) electrons. The van der Waals surface area contributed by atoms with E-state index in [0.717, 1.165) is 4.70 Å². The van der Waals surface area contributed by atoms with Gasteiger partial charge in [-0.15, -0.1) is 11.3 Å². The SMILES string of the molecule is O=C(NN=Cc1ccc(Sc2nc3ccc([N+](=O)[O-])cc3s2)o1)c1ccccc1. The van der Waals surface area contributed by atoms with E-state index < -0.39 is 4.92 Å². The summed E-state index contributed by atoms with van der Waals surface area (Å²) in [4.78, 5) is 26.8. The molecule has 4 aromatic rings. The summed E-state index contributed by atoms with van der Waals surface area (Å²) in [6, 6.07) is 16.8. The molecule has 0 fully saturated rings. The van der Waals surface area contributed by atoms with Crippen LogP contribution in [0.15, 0.2) is 79.6 Å².